The van der Waals surface area contributed by atoms with Gasteiger partial charge < -0.3 is 10.1 Å². The van der Waals surface area contributed by atoms with Crippen molar-refractivity contribution in [2.45, 2.75) is 45.6 Å². The number of aromatic nitrogens is 2. The van der Waals surface area contributed by atoms with Gasteiger partial charge in [0.1, 0.15) is 5.69 Å². The zero-order valence-corrected chi connectivity index (χ0v) is 11.4. The van der Waals surface area contributed by atoms with Crippen LogP contribution in [0.25, 0.3) is 0 Å². The number of hydrogen-bond donors (Lipinski definition) is 1. The lowest BCUT2D eigenvalue weighted by Gasteiger charge is -2.28. The van der Waals surface area contributed by atoms with Crippen LogP contribution in [0, 0.1) is 0 Å². The number of nitrogens with one attached hydrogen (secondary N) is 1. The molecule has 0 fully saturated rings. The summed E-state index contributed by atoms with van der Waals surface area (Å²) in [7, 11) is 1.64. The third kappa shape index (κ3) is 3.66. The molecular weight excluding hydrogens is 214 g/mol. The third-order valence-electron chi connectivity index (χ3n) is 2.87. The van der Waals surface area contributed by atoms with E-state index in [0.29, 0.717) is 11.9 Å². The van der Waals surface area contributed by atoms with Gasteiger partial charge in [0.05, 0.1) is 7.11 Å². The highest BCUT2D eigenvalue weighted by atomic mass is 16.5. The van der Waals surface area contributed by atoms with Crippen molar-refractivity contribution in [2.24, 2.45) is 0 Å². The van der Waals surface area contributed by atoms with Crippen molar-refractivity contribution in [3.05, 3.63) is 18.1 Å². The van der Waals surface area contributed by atoms with Crippen LogP contribution in [0.15, 0.2) is 12.4 Å². The Morgan fingerprint density at radius 3 is 2.59 bits per heavy atom. The van der Waals surface area contributed by atoms with E-state index in [9.17, 15) is 0 Å². The van der Waals surface area contributed by atoms with Gasteiger partial charge in [-0.15, -0.1) is 0 Å². The first-order valence-corrected chi connectivity index (χ1v) is 6.10. The second-order valence-electron chi connectivity index (χ2n) is 4.96. The second kappa shape index (κ2) is 5.96. The Bertz CT molecular complexity index is 352. The molecule has 4 heteroatoms. The second-order valence-corrected chi connectivity index (χ2v) is 4.96. The number of nitrogens with zero attached hydrogens (tertiary/aromatic N) is 2. The molecule has 1 unspecified atom stereocenters. The van der Waals surface area contributed by atoms with Crippen LogP contribution in [0.1, 0.15) is 39.8 Å². The highest BCUT2D eigenvalue weighted by molar-refractivity contribution is 5.25. The largest absolute Gasteiger partial charge is 0.480 e. The van der Waals surface area contributed by atoms with Gasteiger partial charge in [-0.25, -0.2) is 4.98 Å². The van der Waals surface area contributed by atoms with E-state index < -0.39 is 0 Å². The minimum atomic E-state index is -0.0544. The summed E-state index contributed by atoms with van der Waals surface area (Å²) in [5.74, 6) is 0.626. The molecule has 1 heterocycles. The first kappa shape index (κ1) is 13.9. The fourth-order valence-corrected chi connectivity index (χ4v) is 2.22. The molecule has 0 spiro atoms. The van der Waals surface area contributed by atoms with E-state index in [1.165, 1.54) is 0 Å². The molecule has 1 aromatic heterocycles. The minimum Gasteiger partial charge on any atom is -0.480 e. The summed E-state index contributed by atoms with van der Waals surface area (Å²) in [6.45, 7) is 9.64. The quantitative estimate of drug-likeness (QED) is 0.823. The molecule has 0 saturated carbocycles. The van der Waals surface area contributed by atoms with Gasteiger partial charge in [0.25, 0.3) is 0 Å². The first-order valence-electron chi connectivity index (χ1n) is 6.10. The normalized spacial score (nSPS) is 13.5. The molecule has 1 rings (SSSR count). The molecule has 1 atom stereocenters. The Morgan fingerprint density at radius 2 is 2.00 bits per heavy atom. The van der Waals surface area contributed by atoms with Crippen LogP contribution in [0.4, 0.5) is 0 Å². The molecule has 1 aromatic rings. The van der Waals surface area contributed by atoms with Crippen LogP contribution in [0.5, 0.6) is 5.88 Å². The Hall–Kier alpha value is -1.16. The summed E-state index contributed by atoms with van der Waals surface area (Å²) in [5.41, 5.74) is 0.869. The smallest absolute Gasteiger partial charge is 0.235 e. The molecule has 0 saturated heterocycles. The molecule has 4 nitrogen and oxygen atoms in total. The van der Waals surface area contributed by atoms with Crippen LogP contribution in [-0.2, 0) is 5.41 Å². The van der Waals surface area contributed by atoms with Crippen LogP contribution < -0.4 is 10.1 Å². The van der Waals surface area contributed by atoms with Crippen LogP contribution in [-0.4, -0.2) is 29.7 Å². The summed E-state index contributed by atoms with van der Waals surface area (Å²) in [4.78, 5) is 8.63. The summed E-state index contributed by atoms with van der Waals surface area (Å²) in [6.07, 6.45) is 4.37. The monoisotopic (exact) mass is 237 g/mol. The lowest BCUT2D eigenvalue weighted by Crippen LogP contribution is -2.33. The fourth-order valence-electron chi connectivity index (χ4n) is 2.22. The standard InChI is InChI=1S/C13H23N3O/c1-6-14-10(2)9-13(3,4)11-12(17-5)16-8-7-15-11/h7-8,10,14H,6,9H2,1-5H3. The average molecular weight is 237 g/mol. The first-order chi connectivity index (χ1) is 8.01. The summed E-state index contributed by atoms with van der Waals surface area (Å²) in [5, 5.41) is 3.42. The maximum Gasteiger partial charge on any atom is 0.235 e. The zero-order valence-electron chi connectivity index (χ0n) is 11.4. The number of rotatable bonds is 6. The molecule has 1 N–H and O–H groups in total. The van der Waals surface area contributed by atoms with Crippen molar-refractivity contribution >= 4 is 0 Å². The molecule has 0 radical (unpaired) electrons. The van der Waals surface area contributed by atoms with Crippen molar-refractivity contribution in [1.29, 1.82) is 0 Å². The van der Waals surface area contributed by atoms with Crippen LogP contribution in [0.2, 0.25) is 0 Å². The van der Waals surface area contributed by atoms with Crippen molar-refractivity contribution in [3.63, 3.8) is 0 Å². The van der Waals surface area contributed by atoms with Crippen LogP contribution in [0.3, 0.4) is 0 Å². The lowest BCUT2D eigenvalue weighted by molar-refractivity contribution is 0.342. The highest BCUT2D eigenvalue weighted by Crippen LogP contribution is 2.31. The van der Waals surface area contributed by atoms with Gasteiger partial charge >= 0.3 is 0 Å². The molecule has 96 valence electrons. The molecule has 0 aliphatic carbocycles. The van der Waals surface area contributed by atoms with Gasteiger partial charge in [0.15, 0.2) is 0 Å². The SMILES string of the molecule is CCNC(C)CC(C)(C)c1nccnc1OC. The van der Waals surface area contributed by atoms with E-state index in [2.05, 4.69) is 43.0 Å². The van der Waals surface area contributed by atoms with Gasteiger partial charge in [0, 0.05) is 23.9 Å². The molecule has 0 amide bonds. The Kier molecular flexibility index (Phi) is 4.87. The lowest BCUT2D eigenvalue weighted by atomic mass is 9.82. The third-order valence-corrected chi connectivity index (χ3v) is 2.87. The van der Waals surface area contributed by atoms with Crippen molar-refractivity contribution in [2.75, 3.05) is 13.7 Å². The van der Waals surface area contributed by atoms with Gasteiger partial charge in [0.2, 0.25) is 5.88 Å². The van der Waals surface area contributed by atoms with E-state index in [1.54, 1.807) is 19.5 Å². The predicted octanol–water partition coefficient (Wildman–Crippen LogP) is 2.15. The van der Waals surface area contributed by atoms with Gasteiger partial charge in [-0.1, -0.05) is 20.8 Å². The van der Waals surface area contributed by atoms with E-state index in [-0.39, 0.29) is 5.41 Å². The summed E-state index contributed by atoms with van der Waals surface area (Å²) < 4.78 is 5.28. The predicted molar refractivity (Wildman–Crippen MR) is 69.4 cm³/mol. The Morgan fingerprint density at radius 1 is 1.35 bits per heavy atom. The number of methoxy groups -OCH3 is 1. The maximum atomic E-state index is 5.28. The van der Waals surface area contributed by atoms with Crippen LogP contribution >= 0.6 is 0 Å². The van der Waals surface area contributed by atoms with Crippen molar-refractivity contribution < 1.29 is 4.74 Å². The highest BCUT2D eigenvalue weighted by Gasteiger charge is 2.28. The fraction of sp³-hybridized carbons (Fsp3) is 0.692. The maximum absolute atomic E-state index is 5.28. The molecular formula is C13H23N3O. The average Bonchev–Trinajstić information content (AvgIpc) is 2.28. The van der Waals surface area contributed by atoms with E-state index in [0.717, 1.165) is 18.7 Å². The van der Waals surface area contributed by atoms with Crippen molar-refractivity contribution in [1.82, 2.24) is 15.3 Å². The molecule has 17 heavy (non-hydrogen) atoms. The van der Waals surface area contributed by atoms with Crippen molar-refractivity contribution in [3.8, 4) is 5.88 Å². The Balaban J connectivity index is 2.88. The number of hydrogen-bond acceptors (Lipinski definition) is 4. The van der Waals surface area contributed by atoms with E-state index in [1.807, 2.05) is 0 Å². The Labute approximate surface area is 104 Å². The van der Waals surface area contributed by atoms with E-state index >= 15 is 0 Å². The summed E-state index contributed by atoms with van der Waals surface area (Å²) in [6, 6.07) is 0.446. The molecule has 0 bridgehead atoms. The topological polar surface area (TPSA) is 47.0 Å². The molecule has 0 aromatic carbocycles. The van der Waals surface area contributed by atoms with Gasteiger partial charge in [-0.3, -0.25) is 4.98 Å². The van der Waals surface area contributed by atoms with Gasteiger partial charge in [-0.2, -0.15) is 0 Å². The number of ether oxygens (including phenoxy) is 1. The van der Waals surface area contributed by atoms with E-state index in [4.69, 9.17) is 4.74 Å². The molecule has 0 aliphatic heterocycles. The summed E-state index contributed by atoms with van der Waals surface area (Å²) >= 11 is 0. The minimum absolute atomic E-state index is 0.0544. The molecule has 0 aliphatic rings. The van der Waals surface area contributed by atoms with Gasteiger partial charge in [-0.05, 0) is 19.9 Å². The zero-order chi connectivity index (χ0) is 12.9.